The number of benzene rings is 1. The third kappa shape index (κ3) is 3.61. The molecule has 0 bridgehead atoms. The van der Waals surface area contributed by atoms with Crippen LogP contribution in [0.25, 0.3) is 0 Å². The van der Waals surface area contributed by atoms with Crippen LogP contribution < -0.4 is 10.1 Å². The summed E-state index contributed by atoms with van der Waals surface area (Å²) < 4.78 is 7.55. The van der Waals surface area contributed by atoms with E-state index < -0.39 is 0 Å². The molecule has 20 heavy (non-hydrogen) atoms. The number of hydrogen-bond acceptors (Lipinski definition) is 3. The first-order valence-electron chi connectivity index (χ1n) is 7.08. The first-order chi connectivity index (χ1) is 9.74. The normalized spacial score (nSPS) is 12.3. The molecule has 0 aliphatic heterocycles. The van der Waals surface area contributed by atoms with E-state index >= 15 is 0 Å². The summed E-state index contributed by atoms with van der Waals surface area (Å²) in [4.78, 5) is 4.19. The van der Waals surface area contributed by atoms with Crippen molar-refractivity contribution in [3.8, 4) is 5.75 Å². The van der Waals surface area contributed by atoms with Crippen LogP contribution >= 0.6 is 0 Å². The molecule has 0 saturated carbocycles. The number of ether oxygens (including phenoxy) is 1. The molecule has 2 rings (SSSR count). The molecule has 1 aromatic carbocycles. The van der Waals surface area contributed by atoms with Crippen molar-refractivity contribution in [1.29, 1.82) is 0 Å². The first kappa shape index (κ1) is 14.6. The zero-order valence-corrected chi connectivity index (χ0v) is 12.5. The van der Waals surface area contributed by atoms with Crippen molar-refractivity contribution in [2.45, 2.75) is 39.4 Å². The van der Waals surface area contributed by atoms with Gasteiger partial charge in [-0.1, -0.05) is 18.2 Å². The lowest BCUT2D eigenvalue weighted by atomic mass is 10.1. The zero-order chi connectivity index (χ0) is 14.4. The predicted molar refractivity (Wildman–Crippen MR) is 80.9 cm³/mol. The quantitative estimate of drug-likeness (QED) is 0.843. The van der Waals surface area contributed by atoms with Crippen LogP contribution in [-0.4, -0.2) is 22.7 Å². The minimum atomic E-state index is 0.381. The maximum Gasteiger partial charge on any atom is 0.122 e. The van der Waals surface area contributed by atoms with E-state index in [1.807, 2.05) is 24.7 Å². The van der Waals surface area contributed by atoms with E-state index in [1.54, 1.807) is 7.11 Å². The van der Waals surface area contributed by atoms with Gasteiger partial charge in [0.15, 0.2) is 0 Å². The summed E-state index contributed by atoms with van der Waals surface area (Å²) in [5, 5.41) is 3.54. The Morgan fingerprint density at radius 3 is 2.90 bits per heavy atom. The molecule has 1 heterocycles. The fraction of sp³-hybridized carbons (Fsp3) is 0.438. The molecule has 0 radical (unpaired) electrons. The Morgan fingerprint density at radius 2 is 2.15 bits per heavy atom. The Balaban J connectivity index is 1.91. The van der Waals surface area contributed by atoms with E-state index in [0.717, 1.165) is 25.3 Å². The molecule has 0 saturated heterocycles. The molecule has 108 valence electrons. The molecule has 4 nitrogen and oxygen atoms in total. The number of nitrogens with one attached hydrogen (secondary N) is 1. The van der Waals surface area contributed by atoms with Crippen LogP contribution in [0.4, 0.5) is 0 Å². The Hall–Kier alpha value is -1.81. The van der Waals surface area contributed by atoms with Gasteiger partial charge in [0, 0.05) is 25.3 Å². The molecule has 1 N–H and O–H groups in total. The summed E-state index contributed by atoms with van der Waals surface area (Å²) in [5.41, 5.74) is 2.46. The van der Waals surface area contributed by atoms with E-state index in [4.69, 9.17) is 4.74 Å². The van der Waals surface area contributed by atoms with Crippen LogP contribution in [0.2, 0.25) is 0 Å². The van der Waals surface area contributed by atoms with Crippen LogP contribution in [-0.2, 0) is 19.5 Å². The molecular weight excluding hydrogens is 250 g/mol. The van der Waals surface area contributed by atoms with Gasteiger partial charge in [-0.2, -0.15) is 0 Å². The van der Waals surface area contributed by atoms with Gasteiger partial charge in [0.25, 0.3) is 0 Å². The molecular formula is C16H23N3O. The molecule has 4 heteroatoms. The molecule has 2 aromatic rings. The third-order valence-electron chi connectivity index (χ3n) is 3.49. The lowest BCUT2D eigenvalue weighted by Crippen LogP contribution is -2.28. The summed E-state index contributed by atoms with van der Waals surface area (Å²) >= 11 is 0. The van der Waals surface area contributed by atoms with Gasteiger partial charge in [-0.25, -0.2) is 4.98 Å². The summed E-state index contributed by atoms with van der Waals surface area (Å²) in [6.07, 6.45) is 4.75. The van der Waals surface area contributed by atoms with Gasteiger partial charge in [-0.05, 0) is 31.9 Å². The lowest BCUT2D eigenvalue weighted by molar-refractivity contribution is 0.405. The van der Waals surface area contributed by atoms with Gasteiger partial charge >= 0.3 is 0 Å². The van der Waals surface area contributed by atoms with Crippen molar-refractivity contribution >= 4 is 0 Å². The number of methoxy groups -OCH3 is 1. The Morgan fingerprint density at radius 1 is 1.35 bits per heavy atom. The average Bonchev–Trinajstić information content (AvgIpc) is 2.93. The van der Waals surface area contributed by atoms with Crippen LogP contribution in [0, 0.1) is 0 Å². The number of aromatic nitrogens is 2. The van der Waals surface area contributed by atoms with Gasteiger partial charge in [0.2, 0.25) is 0 Å². The number of rotatable bonds is 7. The minimum absolute atomic E-state index is 0.381. The van der Waals surface area contributed by atoms with E-state index in [-0.39, 0.29) is 0 Å². The third-order valence-corrected chi connectivity index (χ3v) is 3.49. The average molecular weight is 273 g/mol. The second-order valence-electron chi connectivity index (χ2n) is 4.97. The molecule has 1 unspecified atom stereocenters. The van der Waals surface area contributed by atoms with Crippen molar-refractivity contribution in [3.05, 3.63) is 48.0 Å². The monoisotopic (exact) mass is 273 g/mol. The Kier molecular flexibility index (Phi) is 5.18. The van der Waals surface area contributed by atoms with E-state index in [2.05, 4.69) is 40.8 Å². The van der Waals surface area contributed by atoms with Gasteiger partial charge < -0.3 is 14.6 Å². The molecule has 0 spiro atoms. The highest BCUT2D eigenvalue weighted by Crippen LogP contribution is 2.18. The SMILES string of the molecule is CCn1cncc1CNC(C)Cc1ccccc1OC. The Bertz CT molecular complexity index is 536. The maximum atomic E-state index is 5.39. The van der Waals surface area contributed by atoms with Gasteiger partial charge in [0.05, 0.1) is 19.1 Å². The van der Waals surface area contributed by atoms with Crippen molar-refractivity contribution < 1.29 is 4.74 Å². The van der Waals surface area contributed by atoms with E-state index in [1.165, 1.54) is 11.3 Å². The predicted octanol–water partition coefficient (Wildman–Crippen LogP) is 2.63. The lowest BCUT2D eigenvalue weighted by Gasteiger charge is -2.16. The van der Waals surface area contributed by atoms with Gasteiger partial charge in [-0.3, -0.25) is 0 Å². The number of aryl methyl sites for hydroxylation is 1. The topological polar surface area (TPSA) is 39.1 Å². The number of para-hydroxylation sites is 1. The highest BCUT2D eigenvalue weighted by Gasteiger charge is 2.08. The minimum Gasteiger partial charge on any atom is -0.496 e. The summed E-state index contributed by atoms with van der Waals surface area (Å²) in [6, 6.07) is 8.56. The number of hydrogen-bond donors (Lipinski definition) is 1. The molecule has 0 amide bonds. The molecule has 1 atom stereocenters. The second kappa shape index (κ2) is 7.10. The molecule has 1 aromatic heterocycles. The van der Waals surface area contributed by atoms with Gasteiger partial charge in [-0.15, -0.1) is 0 Å². The van der Waals surface area contributed by atoms with Crippen LogP contribution in [0.5, 0.6) is 5.75 Å². The Labute approximate surface area is 120 Å². The van der Waals surface area contributed by atoms with Crippen LogP contribution in [0.1, 0.15) is 25.1 Å². The van der Waals surface area contributed by atoms with Crippen molar-refractivity contribution in [2.75, 3.05) is 7.11 Å². The molecule has 0 fully saturated rings. The van der Waals surface area contributed by atoms with Crippen molar-refractivity contribution in [2.24, 2.45) is 0 Å². The van der Waals surface area contributed by atoms with Crippen molar-refractivity contribution in [3.63, 3.8) is 0 Å². The highest BCUT2D eigenvalue weighted by atomic mass is 16.5. The second-order valence-corrected chi connectivity index (χ2v) is 4.97. The van der Waals surface area contributed by atoms with Gasteiger partial charge in [0.1, 0.15) is 5.75 Å². The van der Waals surface area contributed by atoms with E-state index in [0.29, 0.717) is 6.04 Å². The number of nitrogens with zero attached hydrogens (tertiary/aromatic N) is 2. The maximum absolute atomic E-state index is 5.39. The van der Waals surface area contributed by atoms with E-state index in [9.17, 15) is 0 Å². The smallest absolute Gasteiger partial charge is 0.122 e. The highest BCUT2D eigenvalue weighted by molar-refractivity contribution is 5.33. The fourth-order valence-electron chi connectivity index (χ4n) is 2.33. The van der Waals surface area contributed by atoms with Crippen molar-refractivity contribution in [1.82, 2.24) is 14.9 Å². The summed E-state index contributed by atoms with van der Waals surface area (Å²) in [7, 11) is 1.72. The molecule has 0 aliphatic carbocycles. The zero-order valence-electron chi connectivity index (χ0n) is 12.5. The van der Waals surface area contributed by atoms with Crippen LogP contribution in [0.15, 0.2) is 36.8 Å². The largest absolute Gasteiger partial charge is 0.496 e. The first-order valence-corrected chi connectivity index (χ1v) is 7.08. The molecule has 0 aliphatic rings. The number of imidazole rings is 1. The van der Waals surface area contributed by atoms with Crippen LogP contribution in [0.3, 0.4) is 0 Å². The fourth-order valence-corrected chi connectivity index (χ4v) is 2.33. The standard InChI is InChI=1S/C16H23N3O/c1-4-19-12-17-10-15(19)11-18-13(2)9-14-7-5-6-8-16(14)20-3/h5-8,10,12-13,18H,4,9,11H2,1-3H3. The summed E-state index contributed by atoms with van der Waals surface area (Å²) in [6.45, 7) is 6.12. The summed E-state index contributed by atoms with van der Waals surface area (Å²) in [5.74, 6) is 0.958.